The van der Waals surface area contributed by atoms with Crippen LogP contribution in [0.25, 0.3) is 0 Å². The monoisotopic (exact) mass is 276 g/mol. The van der Waals surface area contributed by atoms with Gasteiger partial charge in [-0.15, -0.1) is 0 Å². The molecule has 0 aliphatic heterocycles. The Morgan fingerprint density at radius 1 is 1.40 bits per heavy atom. The van der Waals surface area contributed by atoms with Gasteiger partial charge >= 0.3 is 0 Å². The zero-order valence-corrected chi connectivity index (χ0v) is 12.2. The summed E-state index contributed by atoms with van der Waals surface area (Å²) in [6.45, 7) is 2.74. The van der Waals surface area contributed by atoms with E-state index in [4.69, 9.17) is 10.5 Å². The Hall–Kier alpha value is -1.71. The molecule has 0 spiro atoms. The predicted octanol–water partition coefficient (Wildman–Crippen LogP) is 3.12. The summed E-state index contributed by atoms with van der Waals surface area (Å²) in [5, 5.41) is 3.07. The van der Waals surface area contributed by atoms with Gasteiger partial charge in [-0.3, -0.25) is 4.79 Å². The molecule has 0 aromatic heterocycles. The van der Waals surface area contributed by atoms with Gasteiger partial charge in [0, 0.05) is 11.6 Å². The van der Waals surface area contributed by atoms with Crippen molar-refractivity contribution in [3.63, 3.8) is 0 Å². The molecule has 1 aliphatic rings. The van der Waals surface area contributed by atoms with E-state index in [-0.39, 0.29) is 5.91 Å². The summed E-state index contributed by atoms with van der Waals surface area (Å²) >= 11 is 0. The van der Waals surface area contributed by atoms with Gasteiger partial charge in [0.15, 0.2) is 0 Å². The van der Waals surface area contributed by atoms with Crippen LogP contribution in [0.4, 0.5) is 5.69 Å². The van der Waals surface area contributed by atoms with Crippen molar-refractivity contribution in [2.45, 2.75) is 51.5 Å². The standard InChI is InChI=1S/C16H24N2O2/c1-2-3-10-20-15-11-12(8-9-14(15)17)16(19)18-13-6-4-5-7-13/h8-9,11,13H,2-7,10,17H2,1H3,(H,18,19). The number of amides is 1. The highest BCUT2D eigenvalue weighted by Gasteiger charge is 2.18. The number of hydrogen-bond acceptors (Lipinski definition) is 3. The highest BCUT2D eigenvalue weighted by Crippen LogP contribution is 2.24. The molecule has 4 nitrogen and oxygen atoms in total. The number of benzene rings is 1. The van der Waals surface area contributed by atoms with Crippen LogP contribution in [0.5, 0.6) is 5.75 Å². The first kappa shape index (κ1) is 14.7. The lowest BCUT2D eigenvalue weighted by Gasteiger charge is -2.14. The van der Waals surface area contributed by atoms with E-state index in [9.17, 15) is 4.79 Å². The number of carbonyl (C=O) groups excluding carboxylic acids is 1. The third kappa shape index (κ3) is 3.89. The maximum absolute atomic E-state index is 12.2. The van der Waals surface area contributed by atoms with E-state index in [1.165, 1.54) is 12.8 Å². The third-order valence-electron chi connectivity index (χ3n) is 3.72. The number of ether oxygens (including phenoxy) is 1. The number of unbranched alkanes of at least 4 members (excludes halogenated alkanes) is 1. The lowest BCUT2D eigenvalue weighted by atomic mass is 10.1. The van der Waals surface area contributed by atoms with Gasteiger partial charge in [-0.1, -0.05) is 26.2 Å². The zero-order valence-electron chi connectivity index (χ0n) is 12.2. The second kappa shape index (κ2) is 7.17. The number of nitrogens with two attached hydrogens (primary N) is 1. The summed E-state index contributed by atoms with van der Waals surface area (Å²) < 4.78 is 5.63. The van der Waals surface area contributed by atoms with Crippen LogP contribution in [0.2, 0.25) is 0 Å². The minimum absolute atomic E-state index is 0.0303. The van der Waals surface area contributed by atoms with E-state index in [1.54, 1.807) is 18.2 Å². The lowest BCUT2D eigenvalue weighted by Crippen LogP contribution is -2.32. The molecule has 0 atom stereocenters. The molecule has 1 amide bonds. The fourth-order valence-corrected chi connectivity index (χ4v) is 2.47. The highest BCUT2D eigenvalue weighted by molar-refractivity contribution is 5.95. The second-order valence-electron chi connectivity index (χ2n) is 5.41. The van der Waals surface area contributed by atoms with Crippen molar-refractivity contribution in [1.29, 1.82) is 0 Å². The number of nitrogen functional groups attached to an aromatic ring is 1. The van der Waals surface area contributed by atoms with Crippen LogP contribution in [0, 0.1) is 0 Å². The molecular weight excluding hydrogens is 252 g/mol. The van der Waals surface area contributed by atoms with Crippen LogP contribution >= 0.6 is 0 Å². The minimum atomic E-state index is -0.0303. The summed E-state index contributed by atoms with van der Waals surface area (Å²) in [5.41, 5.74) is 7.08. The van der Waals surface area contributed by atoms with Crippen LogP contribution < -0.4 is 15.8 Å². The van der Waals surface area contributed by atoms with Crippen LogP contribution in [-0.4, -0.2) is 18.6 Å². The predicted molar refractivity (Wildman–Crippen MR) is 81.0 cm³/mol. The molecule has 20 heavy (non-hydrogen) atoms. The Morgan fingerprint density at radius 3 is 2.85 bits per heavy atom. The van der Waals surface area contributed by atoms with E-state index >= 15 is 0 Å². The fourth-order valence-electron chi connectivity index (χ4n) is 2.47. The van der Waals surface area contributed by atoms with Gasteiger partial charge in [0.05, 0.1) is 12.3 Å². The van der Waals surface area contributed by atoms with Crippen LogP contribution in [0.3, 0.4) is 0 Å². The first-order chi connectivity index (χ1) is 9.70. The maximum Gasteiger partial charge on any atom is 0.251 e. The molecule has 0 heterocycles. The van der Waals surface area contributed by atoms with E-state index in [0.717, 1.165) is 25.7 Å². The molecule has 0 unspecified atom stereocenters. The van der Waals surface area contributed by atoms with Crippen molar-refractivity contribution in [3.05, 3.63) is 23.8 Å². The fraction of sp³-hybridized carbons (Fsp3) is 0.562. The molecule has 0 radical (unpaired) electrons. The Labute approximate surface area is 120 Å². The van der Waals surface area contributed by atoms with Gasteiger partial charge in [0.1, 0.15) is 5.75 Å². The molecule has 3 N–H and O–H groups in total. The molecule has 110 valence electrons. The van der Waals surface area contributed by atoms with Crippen LogP contribution in [0.15, 0.2) is 18.2 Å². The van der Waals surface area contributed by atoms with Gasteiger partial charge in [-0.05, 0) is 37.5 Å². The topological polar surface area (TPSA) is 64.3 Å². The Bertz CT molecular complexity index is 454. The van der Waals surface area contributed by atoms with Crippen LogP contribution in [0.1, 0.15) is 55.8 Å². The molecule has 0 saturated heterocycles. The molecule has 2 rings (SSSR count). The molecule has 1 aromatic rings. The van der Waals surface area contributed by atoms with Crippen molar-refractivity contribution in [3.8, 4) is 5.75 Å². The number of anilines is 1. The minimum Gasteiger partial charge on any atom is -0.491 e. The van der Waals surface area contributed by atoms with Crippen molar-refractivity contribution >= 4 is 11.6 Å². The summed E-state index contributed by atoms with van der Waals surface area (Å²) in [7, 11) is 0. The summed E-state index contributed by atoms with van der Waals surface area (Å²) in [5.74, 6) is 0.578. The first-order valence-corrected chi connectivity index (χ1v) is 7.54. The maximum atomic E-state index is 12.2. The molecule has 1 saturated carbocycles. The number of nitrogens with one attached hydrogen (secondary N) is 1. The Kier molecular flexibility index (Phi) is 5.27. The first-order valence-electron chi connectivity index (χ1n) is 7.54. The van der Waals surface area contributed by atoms with Gasteiger partial charge in [0.25, 0.3) is 5.91 Å². The average Bonchev–Trinajstić information content (AvgIpc) is 2.94. The Morgan fingerprint density at radius 2 is 2.15 bits per heavy atom. The third-order valence-corrected chi connectivity index (χ3v) is 3.72. The van der Waals surface area contributed by atoms with Crippen molar-refractivity contribution in [2.24, 2.45) is 0 Å². The molecule has 1 fully saturated rings. The van der Waals surface area contributed by atoms with E-state index < -0.39 is 0 Å². The zero-order chi connectivity index (χ0) is 14.4. The number of rotatable bonds is 6. The highest BCUT2D eigenvalue weighted by atomic mass is 16.5. The van der Waals surface area contributed by atoms with E-state index in [0.29, 0.717) is 29.6 Å². The quantitative estimate of drug-likeness (QED) is 0.620. The Balaban J connectivity index is 1.99. The largest absolute Gasteiger partial charge is 0.491 e. The summed E-state index contributed by atoms with van der Waals surface area (Å²) in [4.78, 5) is 12.2. The molecular formula is C16H24N2O2. The van der Waals surface area contributed by atoms with Gasteiger partial charge in [-0.2, -0.15) is 0 Å². The average molecular weight is 276 g/mol. The summed E-state index contributed by atoms with van der Waals surface area (Å²) in [6.07, 6.45) is 6.64. The molecule has 4 heteroatoms. The van der Waals surface area contributed by atoms with Crippen molar-refractivity contribution in [2.75, 3.05) is 12.3 Å². The smallest absolute Gasteiger partial charge is 0.251 e. The van der Waals surface area contributed by atoms with Gasteiger partial charge in [-0.25, -0.2) is 0 Å². The lowest BCUT2D eigenvalue weighted by molar-refractivity contribution is 0.0937. The number of carbonyl (C=O) groups is 1. The van der Waals surface area contributed by atoms with E-state index in [2.05, 4.69) is 12.2 Å². The van der Waals surface area contributed by atoms with Gasteiger partial charge < -0.3 is 15.8 Å². The SMILES string of the molecule is CCCCOc1cc(C(=O)NC2CCCC2)ccc1N. The van der Waals surface area contributed by atoms with E-state index in [1.807, 2.05) is 0 Å². The van der Waals surface area contributed by atoms with Gasteiger partial charge in [0.2, 0.25) is 0 Å². The van der Waals surface area contributed by atoms with Crippen molar-refractivity contribution in [1.82, 2.24) is 5.32 Å². The van der Waals surface area contributed by atoms with Crippen molar-refractivity contribution < 1.29 is 9.53 Å². The molecule has 0 bridgehead atoms. The van der Waals surface area contributed by atoms with Crippen LogP contribution in [-0.2, 0) is 0 Å². The molecule has 1 aliphatic carbocycles. The normalized spacial score (nSPS) is 15.2. The molecule has 1 aromatic carbocycles. The number of hydrogen-bond donors (Lipinski definition) is 2. The second-order valence-corrected chi connectivity index (χ2v) is 5.41. The summed E-state index contributed by atoms with van der Waals surface area (Å²) in [6, 6.07) is 5.57.